The third-order valence-corrected chi connectivity index (χ3v) is 6.83. The van der Waals surface area contributed by atoms with Crippen molar-refractivity contribution in [1.82, 2.24) is 4.47 Å². The third kappa shape index (κ3) is 6.13. The number of ether oxygens (including phenoxy) is 1. The highest BCUT2D eigenvalue weighted by Crippen LogP contribution is 2.29. The molecule has 0 bridgehead atoms. The van der Waals surface area contributed by atoms with Gasteiger partial charge in [0.2, 0.25) is 10.0 Å². The zero-order chi connectivity index (χ0) is 24.2. The van der Waals surface area contributed by atoms with Crippen LogP contribution >= 0.6 is 0 Å². The van der Waals surface area contributed by atoms with Crippen LogP contribution < -0.4 is 9.80 Å². The van der Waals surface area contributed by atoms with Gasteiger partial charge in [0.05, 0.1) is 43.4 Å². The van der Waals surface area contributed by atoms with E-state index in [0.29, 0.717) is 0 Å². The molecule has 0 unspecified atom stereocenters. The summed E-state index contributed by atoms with van der Waals surface area (Å²) < 4.78 is 69.5. The first-order valence-electron chi connectivity index (χ1n) is 10.2. The maximum atomic E-state index is 14.9. The molecule has 33 heavy (non-hydrogen) atoms. The number of Topliss-reactive ketones (excluding diaryl/α,β-unsaturated/α-hetero) is 1. The lowest BCUT2D eigenvalue weighted by Crippen LogP contribution is -2.36. The fourth-order valence-corrected chi connectivity index (χ4v) is 4.55. The van der Waals surface area contributed by atoms with Crippen molar-refractivity contribution in [2.75, 3.05) is 54.9 Å². The molecule has 2 aliphatic rings. The number of amides is 1. The molecule has 2 fully saturated rings. The zero-order valence-electron chi connectivity index (χ0n) is 17.5. The second-order valence-corrected chi connectivity index (χ2v) is 9.42. The first kappa shape index (κ1) is 25.2. The standard InChI is InChI=1S/C19H24F3N3O7S/c20-15-11-13(24-12-14(32-19(24)28)2-4-17(27)18(21)22)1-3-16(15)23-5-6-25(31-9-7-23)33(29,30)10-8-26/h1,3,11,14,18,26H,2,4-10,12H2/t14-/m0/s1. The SMILES string of the molecule is O=C(CC[C@H]1CN(c2ccc(N3CCON(S(=O)(=O)CCO)CC3)c(F)c2)C(=O)O1)C(F)F. The maximum absolute atomic E-state index is 14.9. The van der Waals surface area contributed by atoms with Gasteiger partial charge in [-0.25, -0.2) is 26.4 Å². The van der Waals surface area contributed by atoms with Crippen LogP contribution in [0.15, 0.2) is 18.2 Å². The van der Waals surface area contributed by atoms with E-state index in [2.05, 4.69) is 0 Å². The number of cyclic esters (lactones) is 1. The van der Waals surface area contributed by atoms with Gasteiger partial charge in [0, 0.05) is 19.5 Å². The number of nitrogens with zero attached hydrogens (tertiary/aromatic N) is 3. The van der Waals surface area contributed by atoms with Gasteiger partial charge >= 0.3 is 6.09 Å². The number of rotatable bonds is 9. The van der Waals surface area contributed by atoms with Crippen molar-refractivity contribution in [2.45, 2.75) is 25.4 Å². The van der Waals surface area contributed by atoms with E-state index >= 15 is 0 Å². The Balaban J connectivity index is 1.64. The van der Waals surface area contributed by atoms with Crippen molar-refractivity contribution < 1.29 is 45.9 Å². The van der Waals surface area contributed by atoms with Crippen LogP contribution in [0.1, 0.15) is 12.8 Å². The van der Waals surface area contributed by atoms with Gasteiger partial charge in [-0.1, -0.05) is 4.47 Å². The van der Waals surface area contributed by atoms with E-state index in [4.69, 9.17) is 14.7 Å². The number of aliphatic hydroxyl groups is 1. The Bertz CT molecular complexity index is 979. The number of hydrogen-bond donors (Lipinski definition) is 1. The molecule has 14 heteroatoms. The molecule has 2 heterocycles. The second kappa shape index (κ2) is 10.7. The topological polar surface area (TPSA) is 117 Å². The van der Waals surface area contributed by atoms with E-state index in [1.807, 2.05) is 0 Å². The number of aliphatic hydroxyl groups excluding tert-OH is 1. The van der Waals surface area contributed by atoms with Crippen LogP contribution in [0.2, 0.25) is 0 Å². The molecule has 2 aliphatic heterocycles. The van der Waals surface area contributed by atoms with Gasteiger partial charge in [0.25, 0.3) is 6.43 Å². The molecular weight excluding hydrogens is 471 g/mol. The number of carbonyl (C=O) groups excluding carboxylic acids is 2. The molecule has 1 N–H and O–H groups in total. The normalized spacial score (nSPS) is 20.3. The quantitative estimate of drug-likeness (QED) is 0.542. The Kier molecular flexibility index (Phi) is 8.15. The molecule has 1 atom stereocenters. The maximum Gasteiger partial charge on any atom is 0.414 e. The average Bonchev–Trinajstić information content (AvgIpc) is 2.95. The van der Waals surface area contributed by atoms with E-state index in [1.54, 1.807) is 4.90 Å². The number of anilines is 2. The van der Waals surface area contributed by atoms with E-state index in [9.17, 15) is 31.2 Å². The minimum atomic E-state index is -3.80. The van der Waals surface area contributed by atoms with Gasteiger partial charge in [-0.2, -0.15) is 0 Å². The van der Waals surface area contributed by atoms with E-state index < -0.39 is 59.0 Å². The molecule has 3 rings (SSSR count). The summed E-state index contributed by atoms with van der Waals surface area (Å²) in [6.45, 7) is -0.321. The molecule has 1 aromatic carbocycles. The van der Waals surface area contributed by atoms with Crippen molar-refractivity contribution in [2.24, 2.45) is 0 Å². The van der Waals surface area contributed by atoms with Gasteiger partial charge in [0.1, 0.15) is 11.9 Å². The largest absolute Gasteiger partial charge is 0.444 e. The third-order valence-electron chi connectivity index (χ3n) is 5.22. The van der Waals surface area contributed by atoms with Crippen molar-refractivity contribution in [1.29, 1.82) is 0 Å². The van der Waals surface area contributed by atoms with Crippen LogP contribution in [0.3, 0.4) is 0 Å². The Hall–Kier alpha value is -2.42. The number of alkyl halides is 2. The summed E-state index contributed by atoms with van der Waals surface area (Å²) in [5.74, 6) is -2.38. The lowest BCUT2D eigenvalue weighted by molar-refractivity contribution is -0.129. The van der Waals surface area contributed by atoms with Gasteiger partial charge in [0.15, 0.2) is 5.78 Å². The highest BCUT2D eigenvalue weighted by molar-refractivity contribution is 7.88. The summed E-state index contributed by atoms with van der Waals surface area (Å²) in [5, 5.41) is 8.89. The van der Waals surface area contributed by atoms with E-state index in [-0.39, 0.29) is 50.6 Å². The van der Waals surface area contributed by atoms with Crippen LogP contribution in [0, 0.1) is 5.82 Å². The summed E-state index contributed by atoms with van der Waals surface area (Å²) in [6.07, 6.45) is -5.11. The molecule has 2 saturated heterocycles. The molecule has 10 nitrogen and oxygen atoms in total. The lowest BCUT2D eigenvalue weighted by atomic mass is 10.1. The molecule has 0 spiro atoms. The van der Waals surface area contributed by atoms with Crippen molar-refractivity contribution in [3.05, 3.63) is 24.0 Å². The Morgan fingerprint density at radius 3 is 2.67 bits per heavy atom. The fraction of sp³-hybridized carbons (Fsp3) is 0.579. The summed E-state index contributed by atoms with van der Waals surface area (Å²) >= 11 is 0. The predicted octanol–water partition coefficient (Wildman–Crippen LogP) is 1.14. The predicted molar refractivity (Wildman–Crippen MR) is 110 cm³/mol. The minimum absolute atomic E-state index is 0.0105. The first-order valence-corrected chi connectivity index (χ1v) is 11.8. The number of hydroxylamine groups is 1. The Morgan fingerprint density at radius 1 is 1.24 bits per heavy atom. The second-order valence-electron chi connectivity index (χ2n) is 7.44. The van der Waals surface area contributed by atoms with Crippen molar-refractivity contribution in [3.8, 4) is 0 Å². The van der Waals surface area contributed by atoms with Crippen molar-refractivity contribution >= 4 is 33.3 Å². The van der Waals surface area contributed by atoms with E-state index in [0.717, 1.165) is 15.4 Å². The summed E-state index contributed by atoms with van der Waals surface area (Å²) in [5.41, 5.74) is 0.373. The number of halogens is 3. The van der Waals surface area contributed by atoms with Crippen LogP contribution in [0.4, 0.5) is 29.3 Å². The zero-order valence-corrected chi connectivity index (χ0v) is 18.3. The van der Waals surface area contributed by atoms with Crippen molar-refractivity contribution in [3.63, 3.8) is 0 Å². The van der Waals surface area contributed by atoms with Gasteiger partial charge in [-0.15, -0.1) is 0 Å². The molecule has 184 valence electrons. The first-order chi connectivity index (χ1) is 15.6. The van der Waals surface area contributed by atoms with E-state index in [1.165, 1.54) is 12.1 Å². The van der Waals surface area contributed by atoms with Crippen LogP contribution in [0.25, 0.3) is 0 Å². The fourth-order valence-electron chi connectivity index (χ4n) is 3.52. The van der Waals surface area contributed by atoms with Gasteiger partial charge in [-0.3, -0.25) is 14.5 Å². The van der Waals surface area contributed by atoms with Gasteiger partial charge in [-0.05, 0) is 24.6 Å². The molecule has 0 saturated carbocycles. The Morgan fingerprint density at radius 2 is 2.00 bits per heavy atom. The summed E-state index contributed by atoms with van der Waals surface area (Å²) in [6, 6.07) is 4.04. The number of ketones is 1. The number of carbonyl (C=O) groups is 2. The average molecular weight is 495 g/mol. The smallest absolute Gasteiger partial charge is 0.414 e. The lowest BCUT2D eigenvalue weighted by Gasteiger charge is -2.23. The highest BCUT2D eigenvalue weighted by atomic mass is 32.2. The molecular formula is C19H24F3N3O7S. The molecule has 0 aliphatic carbocycles. The highest BCUT2D eigenvalue weighted by Gasteiger charge is 2.34. The molecule has 1 aromatic rings. The summed E-state index contributed by atoms with van der Waals surface area (Å²) in [7, 11) is -3.80. The van der Waals surface area contributed by atoms with Gasteiger partial charge < -0.3 is 14.7 Å². The Labute approximate surface area is 188 Å². The van der Waals surface area contributed by atoms with Crippen LogP contribution in [-0.4, -0.2) is 87.5 Å². The van der Waals surface area contributed by atoms with Crippen LogP contribution in [0.5, 0.6) is 0 Å². The number of benzene rings is 1. The monoisotopic (exact) mass is 495 g/mol. The minimum Gasteiger partial charge on any atom is -0.444 e. The number of sulfonamides is 1. The summed E-state index contributed by atoms with van der Waals surface area (Å²) in [4.78, 5) is 31.2. The molecule has 0 aromatic heterocycles. The number of hydrogen-bond acceptors (Lipinski definition) is 8. The molecule has 0 radical (unpaired) electrons. The van der Waals surface area contributed by atoms with Crippen LogP contribution in [-0.2, 0) is 24.4 Å². The molecule has 1 amide bonds.